The second kappa shape index (κ2) is 10.4. The minimum absolute atomic E-state index is 0.229. The van der Waals surface area contributed by atoms with E-state index in [1.807, 2.05) is 0 Å². The standard InChI is InChI=1S/C34H54N2O2/c1-20(2)7-6-8-21(3)27-11-12-28-25-10-9-23-17-22(31-26(32(37)38)18-24(35)19-30(31)36)13-15-33(23,4)29(25)14-16-34(27,28)5/h18-23,25,27-29H,6-17,35-36H2,1-5H3,(H,37,38). The maximum Gasteiger partial charge on any atom is 0.336 e. The molecule has 5 rings (SSSR count). The van der Waals surface area contributed by atoms with E-state index in [1.165, 1.54) is 64.2 Å². The lowest BCUT2D eigenvalue weighted by Crippen LogP contribution is -2.53. The van der Waals surface area contributed by atoms with E-state index in [2.05, 4.69) is 34.6 Å². The predicted molar refractivity (Wildman–Crippen MR) is 158 cm³/mol. The van der Waals surface area contributed by atoms with Crippen LogP contribution < -0.4 is 11.5 Å². The van der Waals surface area contributed by atoms with Crippen LogP contribution in [0.2, 0.25) is 0 Å². The molecule has 4 saturated carbocycles. The van der Waals surface area contributed by atoms with Crippen molar-refractivity contribution >= 4 is 17.3 Å². The highest BCUT2D eigenvalue weighted by molar-refractivity contribution is 5.93. The number of anilines is 2. The summed E-state index contributed by atoms with van der Waals surface area (Å²) in [5.41, 5.74) is 15.5. The average Bonchev–Trinajstić information content (AvgIpc) is 3.20. The summed E-state index contributed by atoms with van der Waals surface area (Å²) < 4.78 is 0. The van der Waals surface area contributed by atoms with Crippen molar-refractivity contribution in [3.05, 3.63) is 23.3 Å². The van der Waals surface area contributed by atoms with E-state index >= 15 is 0 Å². The van der Waals surface area contributed by atoms with Gasteiger partial charge in [0.15, 0.2) is 0 Å². The van der Waals surface area contributed by atoms with Crippen molar-refractivity contribution in [1.29, 1.82) is 0 Å². The third kappa shape index (κ3) is 4.66. The topological polar surface area (TPSA) is 89.3 Å². The first-order valence-electron chi connectivity index (χ1n) is 15.9. The van der Waals surface area contributed by atoms with Crippen molar-refractivity contribution in [3.8, 4) is 0 Å². The highest BCUT2D eigenvalue weighted by Crippen LogP contribution is 2.69. The molecule has 0 saturated heterocycles. The Morgan fingerprint density at radius 1 is 0.947 bits per heavy atom. The summed E-state index contributed by atoms with van der Waals surface area (Å²) in [5, 5.41) is 9.92. The van der Waals surface area contributed by atoms with Crippen molar-refractivity contribution < 1.29 is 9.90 Å². The van der Waals surface area contributed by atoms with Gasteiger partial charge in [-0.3, -0.25) is 0 Å². The van der Waals surface area contributed by atoms with Crippen LogP contribution in [-0.4, -0.2) is 11.1 Å². The molecule has 1 aromatic carbocycles. The molecule has 38 heavy (non-hydrogen) atoms. The molecule has 9 unspecified atom stereocenters. The second-order valence-corrected chi connectivity index (χ2v) is 15.0. The van der Waals surface area contributed by atoms with Gasteiger partial charge in [0, 0.05) is 11.4 Å². The van der Waals surface area contributed by atoms with Gasteiger partial charge in [0.1, 0.15) is 0 Å². The Hall–Kier alpha value is -1.71. The van der Waals surface area contributed by atoms with Gasteiger partial charge >= 0.3 is 5.97 Å². The molecule has 9 atom stereocenters. The molecule has 4 heteroatoms. The molecule has 212 valence electrons. The zero-order chi connectivity index (χ0) is 27.4. The zero-order valence-corrected chi connectivity index (χ0v) is 24.8. The Labute approximate surface area is 231 Å². The fraction of sp³-hybridized carbons (Fsp3) is 0.794. The highest BCUT2D eigenvalue weighted by atomic mass is 16.4. The van der Waals surface area contributed by atoms with Crippen LogP contribution in [0.4, 0.5) is 11.4 Å². The molecule has 0 radical (unpaired) electrons. The van der Waals surface area contributed by atoms with Gasteiger partial charge in [-0.15, -0.1) is 0 Å². The van der Waals surface area contributed by atoms with E-state index in [0.717, 1.165) is 53.9 Å². The Morgan fingerprint density at radius 2 is 1.66 bits per heavy atom. The maximum absolute atomic E-state index is 12.1. The number of nitrogen functional groups attached to an aromatic ring is 2. The number of hydrogen-bond donors (Lipinski definition) is 3. The Kier molecular flexibility index (Phi) is 7.59. The second-order valence-electron chi connectivity index (χ2n) is 15.0. The number of rotatable bonds is 7. The lowest BCUT2D eigenvalue weighted by molar-refractivity contribution is -0.117. The number of aromatic carboxylic acids is 1. The van der Waals surface area contributed by atoms with Crippen LogP contribution in [0.3, 0.4) is 0 Å². The van der Waals surface area contributed by atoms with Crippen molar-refractivity contribution in [2.75, 3.05) is 11.5 Å². The van der Waals surface area contributed by atoms with Crippen molar-refractivity contribution in [2.24, 2.45) is 52.3 Å². The number of fused-ring (bicyclic) bond motifs is 5. The van der Waals surface area contributed by atoms with Crippen molar-refractivity contribution in [3.63, 3.8) is 0 Å². The van der Waals surface area contributed by atoms with Gasteiger partial charge in [-0.05, 0) is 134 Å². The molecule has 0 amide bonds. The quantitative estimate of drug-likeness (QED) is 0.312. The number of carboxylic acid groups (broad SMARTS) is 1. The van der Waals surface area contributed by atoms with Crippen LogP contribution in [-0.2, 0) is 0 Å². The van der Waals surface area contributed by atoms with Gasteiger partial charge in [-0.25, -0.2) is 4.79 Å². The minimum atomic E-state index is -0.906. The summed E-state index contributed by atoms with van der Waals surface area (Å²) in [5.74, 6) is 5.19. The predicted octanol–water partition coefficient (Wildman–Crippen LogP) is 8.75. The van der Waals surface area contributed by atoms with E-state index in [4.69, 9.17) is 11.5 Å². The zero-order valence-electron chi connectivity index (χ0n) is 24.8. The molecule has 4 fully saturated rings. The molecule has 0 bridgehead atoms. The van der Waals surface area contributed by atoms with Gasteiger partial charge in [0.25, 0.3) is 0 Å². The molecule has 1 aromatic rings. The largest absolute Gasteiger partial charge is 0.478 e. The third-order valence-corrected chi connectivity index (χ3v) is 12.7. The fourth-order valence-electron chi connectivity index (χ4n) is 10.9. The van der Waals surface area contributed by atoms with Crippen molar-refractivity contribution in [2.45, 2.75) is 118 Å². The molecule has 0 heterocycles. The van der Waals surface area contributed by atoms with E-state index in [9.17, 15) is 9.90 Å². The Balaban J connectivity index is 1.31. The summed E-state index contributed by atoms with van der Waals surface area (Å²) >= 11 is 0. The third-order valence-electron chi connectivity index (χ3n) is 12.7. The van der Waals surface area contributed by atoms with Crippen LogP contribution in [0.25, 0.3) is 0 Å². The number of carbonyl (C=O) groups is 1. The number of carboxylic acids is 1. The van der Waals surface area contributed by atoms with Gasteiger partial charge in [-0.1, -0.05) is 53.9 Å². The smallest absolute Gasteiger partial charge is 0.336 e. The Morgan fingerprint density at radius 3 is 2.37 bits per heavy atom. The van der Waals surface area contributed by atoms with E-state index < -0.39 is 5.97 Å². The molecular weight excluding hydrogens is 468 g/mol. The molecular formula is C34H54N2O2. The molecule has 0 aliphatic heterocycles. The summed E-state index contributed by atoms with van der Waals surface area (Å²) in [4.78, 5) is 12.1. The van der Waals surface area contributed by atoms with Crippen LogP contribution in [0.15, 0.2) is 12.1 Å². The normalized spacial score (nSPS) is 39.3. The van der Waals surface area contributed by atoms with Crippen LogP contribution in [0, 0.1) is 52.3 Å². The van der Waals surface area contributed by atoms with Gasteiger partial charge in [0.05, 0.1) is 5.56 Å². The number of hydrogen-bond acceptors (Lipinski definition) is 3. The average molecular weight is 523 g/mol. The summed E-state index contributed by atoms with van der Waals surface area (Å²) in [6.45, 7) is 12.6. The highest BCUT2D eigenvalue weighted by Gasteiger charge is 2.60. The molecule has 0 aromatic heterocycles. The van der Waals surface area contributed by atoms with Gasteiger partial charge in [0.2, 0.25) is 0 Å². The van der Waals surface area contributed by atoms with Crippen LogP contribution in [0.5, 0.6) is 0 Å². The minimum Gasteiger partial charge on any atom is -0.478 e. The first-order valence-corrected chi connectivity index (χ1v) is 15.9. The summed E-state index contributed by atoms with van der Waals surface area (Å²) in [6.07, 6.45) is 15.9. The van der Waals surface area contributed by atoms with Crippen molar-refractivity contribution in [1.82, 2.24) is 0 Å². The molecule has 5 N–H and O–H groups in total. The van der Waals surface area contributed by atoms with Crippen LogP contribution >= 0.6 is 0 Å². The van der Waals surface area contributed by atoms with Gasteiger partial charge in [-0.2, -0.15) is 0 Å². The monoisotopic (exact) mass is 522 g/mol. The van der Waals surface area contributed by atoms with Gasteiger partial charge < -0.3 is 16.6 Å². The lowest BCUT2D eigenvalue weighted by atomic mass is 9.43. The van der Waals surface area contributed by atoms with Crippen LogP contribution in [0.1, 0.15) is 134 Å². The number of nitrogens with two attached hydrogens (primary N) is 2. The summed E-state index contributed by atoms with van der Waals surface area (Å²) in [6, 6.07) is 3.37. The maximum atomic E-state index is 12.1. The van der Waals surface area contributed by atoms with E-state index in [-0.39, 0.29) is 5.92 Å². The molecule has 4 nitrogen and oxygen atoms in total. The van der Waals surface area contributed by atoms with E-state index in [1.54, 1.807) is 12.1 Å². The molecule has 0 spiro atoms. The first kappa shape index (κ1) is 27.8. The number of benzene rings is 1. The first-order chi connectivity index (χ1) is 18.0. The summed E-state index contributed by atoms with van der Waals surface area (Å²) in [7, 11) is 0. The SMILES string of the molecule is CC(C)CCCC(C)C1CCC2C3CCC4CC(c5c(N)cc(N)cc5C(=O)O)CCC4(C)C3CCC12C. The fourth-order valence-corrected chi connectivity index (χ4v) is 10.9. The van der Waals surface area contributed by atoms with E-state index in [0.29, 0.717) is 33.7 Å². The molecule has 4 aliphatic rings. The Bertz CT molecular complexity index is 1040. The molecule has 4 aliphatic carbocycles. The lowest BCUT2D eigenvalue weighted by Gasteiger charge is -2.61.